The molecule has 1 aliphatic heterocycles. The van der Waals surface area contributed by atoms with E-state index in [0.717, 1.165) is 38.5 Å². The maximum Gasteiger partial charge on any atom is 0.137 e. The average molecular weight is 312 g/mol. The van der Waals surface area contributed by atoms with Gasteiger partial charge in [-0.3, -0.25) is 0 Å². The first-order chi connectivity index (χ1) is 11.4. The van der Waals surface area contributed by atoms with Gasteiger partial charge < -0.3 is 14.8 Å². The van der Waals surface area contributed by atoms with E-state index in [1.807, 2.05) is 6.07 Å². The molecule has 0 amide bonds. The highest BCUT2D eigenvalue weighted by Gasteiger charge is 2.16. The fourth-order valence-electron chi connectivity index (χ4n) is 2.99. The van der Waals surface area contributed by atoms with Crippen molar-refractivity contribution in [3.63, 3.8) is 0 Å². The maximum atomic E-state index is 6.00. The molecular formula is C20H26NO2+. The summed E-state index contributed by atoms with van der Waals surface area (Å²) < 4.78 is 11.6. The highest BCUT2D eigenvalue weighted by atomic mass is 16.5. The Labute approximate surface area is 138 Å². The lowest BCUT2D eigenvalue weighted by Crippen LogP contribution is -2.87. The molecule has 2 N–H and O–H groups in total. The van der Waals surface area contributed by atoms with Crippen molar-refractivity contribution in [1.82, 2.24) is 0 Å². The molecule has 3 heteroatoms. The van der Waals surface area contributed by atoms with E-state index in [-0.39, 0.29) is 0 Å². The zero-order chi connectivity index (χ0) is 15.7. The van der Waals surface area contributed by atoms with Crippen molar-refractivity contribution >= 4 is 0 Å². The SMILES string of the molecule is c1ccc(Cc2ccccc2OCC[NH2+]C[C@@H]2CCCO2)cc1. The van der Waals surface area contributed by atoms with Gasteiger partial charge >= 0.3 is 0 Å². The Morgan fingerprint density at radius 2 is 1.87 bits per heavy atom. The molecule has 3 rings (SSSR count). The van der Waals surface area contributed by atoms with Crippen LogP contribution in [0, 0.1) is 0 Å². The first kappa shape index (κ1) is 16.0. The third kappa shape index (κ3) is 5.08. The molecule has 1 heterocycles. The monoisotopic (exact) mass is 312 g/mol. The van der Waals surface area contributed by atoms with Gasteiger partial charge in [0.2, 0.25) is 0 Å². The minimum Gasteiger partial charge on any atom is -0.487 e. The van der Waals surface area contributed by atoms with Crippen LogP contribution in [0.4, 0.5) is 0 Å². The summed E-state index contributed by atoms with van der Waals surface area (Å²) in [7, 11) is 0. The Bertz CT molecular complexity index is 579. The Balaban J connectivity index is 1.46. The van der Waals surface area contributed by atoms with Crippen LogP contribution >= 0.6 is 0 Å². The van der Waals surface area contributed by atoms with Gasteiger partial charge in [0.1, 0.15) is 31.5 Å². The third-order valence-electron chi connectivity index (χ3n) is 4.24. The van der Waals surface area contributed by atoms with Gasteiger partial charge in [-0.2, -0.15) is 0 Å². The van der Waals surface area contributed by atoms with Crippen LogP contribution < -0.4 is 10.1 Å². The van der Waals surface area contributed by atoms with Gasteiger partial charge in [0.15, 0.2) is 0 Å². The van der Waals surface area contributed by atoms with Crippen LogP contribution in [0.3, 0.4) is 0 Å². The van der Waals surface area contributed by atoms with Crippen LogP contribution in [0.2, 0.25) is 0 Å². The van der Waals surface area contributed by atoms with Crippen LogP contribution in [-0.2, 0) is 11.2 Å². The molecule has 1 aliphatic rings. The van der Waals surface area contributed by atoms with Gasteiger partial charge in [0.05, 0.1) is 0 Å². The van der Waals surface area contributed by atoms with Crippen LogP contribution in [0.1, 0.15) is 24.0 Å². The van der Waals surface area contributed by atoms with Crippen molar-refractivity contribution in [2.75, 3.05) is 26.3 Å². The van der Waals surface area contributed by atoms with E-state index < -0.39 is 0 Å². The van der Waals surface area contributed by atoms with Crippen molar-refractivity contribution in [3.8, 4) is 5.75 Å². The summed E-state index contributed by atoms with van der Waals surface area (Å²) in [6.07, 6.45) is 3.77. The number of quaternary nitrogens is 1. The summed E-state index contributed by atoms with van der Waals surface area (Å²) in [6.45, 7) is 3.69. The normalized spacial score (nSPS) is 17.3. The fourth-order valence-corrected chi connectivity index (χ4v) is 2.99. The summed E-state index contributed by atoms with van der Waals surface area (Å²) in [5.41, 5.74) is 2.56. The molecule has 1 fully saturated rings. The maximum absolute atomic E-state index is 6.00. The molecule has 2 aromatic carbocycles. The smallest absolute Gasteiger partial charge is 0.137 e. The highest BCUT2D eigenvalue weighted by molar-refractivity contribution is 5.37. The average Bonchev–Trinajstić information content (AvgIpc) is 3.10. The predicted molar refractivity (Wildman–Crippen MR) is 91.8 cm³/mol. The summed E-state index contributed by atoms with van der Waals surface area (Å²) in [5, 5.41) is 2.30. The number of hydrogen-bond acceptors (Lipinski definition) is 2. The molecule has 1 saturated heterocycles. The molecule has 0 aliphatic carbocycles. The zero-order valence-corrected chi connectivity index (χ0v) is 13.6. The second-order valence-corrected chi connectivity index (χ2v) is 6.07. The van der Waals surface area contributed by atoms with Crippen molar-refractivity contribution < 1.29 is 14.8 Å². The molecular weight excluding hydrogens is 286 g/mol. The summed E-state index contributed by atoms with van der Waals surface area (Å²) >= 11 is 0. The van der Waals surface area contributed by atoms with Gasteiger partial charge in [-0.25, -0.2) is 0 Å². The number of nitrogens with two attached hydrogens (primary N) is 1. The quantitative estimate of drug-likeness (QED) is 0.760. The lowest BCUT2D eigenvalue weighted by molar-refractivity contribution is -0.661. The molecule has 0 bridgehead atoms. The molecule has 1 atom stereocenters. The van der Waals surface area contributed by atoms with E-state index in [9.17, 15) is 0 Å². The van der Waals surface area contributed by atoms with Crippen LogP contribution in [-0.4, -0.2) is 32.4 Å². The van der Waals surface area contributed by atoms with Crippen molar-refractivity contribution in [2.24, 2.45) is 0 Å². The number of rotatable bonds is 8. The first-order valence-electron chi connectivity index (χ1n) is 8.60. The molecule has 0 saturated carbocycles. The molecule has 0 unspecified atom stereocenters. The number of benzene rings is 2. The highest BCUT2D eigenvalue weighted by Crippen LogP contribution is 2.21. The largest absolute Gasteiger partial charge is 0.487 e. The van der Waals surface area contributed by atoms with Crippen molar-refractivity contribution in [3.05, 3.63) is 65.7 Å². The van der Waals surface area contributed by atoms with Crippen molar-refractivity contribution in [2.45, 2.75) is 25.4 Å². The Morgan fingerprint density at radius 1 is 1.04 bits per heavy atom. The molecule has 23 heavy (non-hydrogen) atoms. The molecule has 0 spiro atoms. The Kier molecular flexibility index (Phi) is 6.07. The standard InChI is InChI=1S/C20H25NO2/c1-2-7-17(8-3-1)15-18-9-4-5-11-20(18)23-14-12-21-16-19-10-6-13-22-19/h1-5,7-9,11,19,21H,6,10,12-16H2/p+1/t19-/m0/s1. The van der Waals surface area contributed by atoms with Gasteiger partial charge in [-0.1, -0.05) is 48.5 Å². The number of hydrogen-bond donors (Lipinski definition) is 1. The molecule has 122 valence electrons. The number of para-hydroxylation sites is 1. The topological polar surface area (TPSA) is 35.1 Å². The van der Waals surface area contributed by atoms with Gasteiger partial charge in [-0.15, -0.1) is 0 Å². The second kappa shape index (κ2) is 8.70. The van der Waals surface area contributed by atoms with Gasteiger partial charge in [0.25, 0.3) is 0 Å². The number of ether oxygens (including phenoxy) is 2. The zero-order valence-electron chi connectivity index (χ0n) is 13.6. The molecule has 3 nitrogen and oxygen atoms in total. The van der Waals surface area contributed by atoms with Crippen molar-refractivity contribution in [1.29, 1.82) is 0 Å². The fraction of sp³-hybridized carbons (Fsp3) is 0.400. The molecule has 2 aromatic rings. The van der Waals surface area contributed by atoms with E-state index in [1.165, 1.54) is 24.0 Å². The van der Waals surface area contributed by atoms with Gasteiger partial charge in [-0.05, 0) is 30.0 Å². The summed E-state index contributed by atoms with van der Waals surface area (Å²) in [5.74, 6) is 1.00. The Hall–Kier alpha value is -1.84. The van der Waals surface area contributed by atoms with E-state index in [0.29, 0.717) is 6.10 Å². The third-order valence-corrected chi connectivity index (χ3v) is 4.24. The van der Waals surface area contributed by atoms with E-state index in [1.54, 1.807) is 0 Å². The summed E-state index contributed by atoms with van der Waals surface area (Å²) in [6, 6.07) is 18.9. The minimum atomic E-state index is 0.445. The lowest BCUT2D eigenvalue weighted by Gasteiger charge is -2.12. The minimum absolute atomic E-state index is 0.445. The lowest BCUT2D eigenvalue weighted by atomic mass is 10.0. The predicted octanol–water partition coefficient (Wildman–Crippen LogP) is 2.40. The second-order valence-electron chi connectivity index (χ2n) is 6.07. The summed E-state index contributed by atoms with van der Waals surface area (Å²) in [4.78, 5) is 0. The molecule has 0 aromatic heterocycles. The van der Waals surface area contributed by atoms with Crippen LogP contribution in [0.15, 0.2) is 54.6 Å². The van der Waals surface area contributed by atoms with E-state index in [2.05, 4.69) is 53.8 Å². The van der Waals surface area contributed by atoms with E-state index in [4.69, 9.17) is 9.47 Å². The van der Waals surface area contributed by atoms with Crippen LogP contribution in [0.25, 0.3) is 0 Å². The first-order valence-corrected chi connectivity index (χ1v) is 8.60. The van der Waals surface area contributed by atoms with Crippen LogP contribution in [0.5, 0.6) is 5.75 Å². The van der Waals surface area contributed by atoms with Gasteiger partial charge in [0, 0.05) is 13.0 Å². The van der Waals surface area contributed by atoms with E-state index >= 15 is 0 Å². The Morgan fingerprint density at radius 3 is 2.70 bits per heavy atom. The molecule has 0 radical (unpaired) electrons.